The van der Waals surface area contributed by atoms with Crippen LogP contribution in [0.25, 0.3) is 0 Å². The number of nitrogens with zero attached hydrogens (tertiary/aromatic N) is 1. The van der Waals surface area contributed by atoms with Crippen LogP contribution in [0.5, 0.6) is 0 Å². The molecule has 0 spiro atoms. The van der Waals surface area contributed by atoms with Crippen LogP contribution in [0, 0.1) is 5.92 Å². The third-order valence-electron chi connectivity index (χ3n) is 3.71. The molecule has 2 rings (SSSR count). The lowest BCUT2D eigenvalue weighted by atomic mass is 9.96. The molecule has 5 heteroatoms. The van der Waals surface area contributed by atoms with Crippen molar-refractivity contribution < 1.29 is 13.2 Å². The highest BCUT2D eigenvalue weighted by Crippen LogP contribution is 2.37. The summed E-state index contributed by atoms with van der Waals surface area (Å²) in [5.74, 6) is 0.617. The van der Waals surface area contributed by atoms with E-state index in [4.69, 9.17) is 0 Å². The number of piperazine rings is 1. The fourth-order valence-electron chi connectivity index (χ4n) is 2.65. The largest absolute Gasteiger partial charge is 0.390 e. The average molecular weight is 250 g/mol. The van der Waals surface area contributed by atoms with Crippen molar-refractivity contribution in [1.29, 1.82) is 0 Å². The van der Waals surface area contributed by atoms with E-state index in [-0.39, 0.29) is 12.1 Å². The number of alkyl halides is 3. The molecule has 2 nitrogen and oxygen atoms in total. The van der Waals surface area contributed by atoms with Gasteiger partial charge in [-0.3, -0.25) is 4.90 Å². The summed E-state index contributed by atoms with van der Waals surface area (Å²) in [6.45, 7) is 5.79. The van der Waals surface area contributed by atoms with Gasteiger partial charge in [0, 0.05) is 31.2 Å². The Morgan fingerprint density at radius 2 is 1.94 bits per heavy atom. The third kappa shape index (κ3) is 3.85. The van der Waals surface area contributed by atoms with E-state index < -0.39 is 12.6 Å². The van der Waals surface area contributed by atoms with Gasteiger partial charge in [0.05, 0.1) is 6.42 Å². The second-order valence-electron chi connectivity index (χ2n) is 6.01. The normalized spacial score (nSPS) is 30.5. The Bertz CT molecular complexity index is 271. The maximum Gasteiger partial charge on any atom is 0.390 e. The van der Waals surface area contributed by atoms with Gasteiger partial charge in [-0.25, -0.2) is 0 Å². The summed E-state index contributed by atoms with van der Waals surface area (Å²) in [6, 6.07) is 0.311. The van der Waals surface area contributed by atoms with E-state index in [0.29, 0.717) is 18.5 Å². The maximum absolute atomic E-state index is 12.3. The molecule has 2 aliphatic rings. The average Bonchev–Trinajstić information content (AvgIpc) is 2.96. The maximum atomic E-state index is 12.3. The highest BCUT2D eigenvalue weighted by molar-refractivity contribution is 4.98. The molecule has 1 saturated heterocycles. The first kappa shape index (κ1) is 13.1. The minimum atomic E-state index is -4.04. The topological polar surface area (TPSA) is 15.3 Å². The zero-order valence-electron chi connectivity index (χ0n) is 10.5. The smallest absolute Gasteiger partial charge is 0.309 e. The van der Waals surface area contributed by atoms with Gasteiger partial charge in [-0.1, -0.05) is 0 Å². The van der Waals surface area contributed by atoms with E-state index in [1.54, 1.807) is 0 Å². The molecule has 0 aromatic heterocycles. The minimum Gasteiger partial charge on any atom is -0.309 e. The fraction of sp³-hybridized carbons (Fsp3) is 1.00. The second-order valence-corrected chi connectivity index (χ2v) is 6.01. The molecule has 0 aromatic carbocycles. The Morgan fingerprint density at radius 1 is 1.29 bits per heavy atom. The fourth-order valence-corrected chi connectivity index (χ4v) is 2.65. The van der Waals surface area contributed by atoms with Crippen LogP contribution in [-0.2, 0) is 0 Å². The molecule has 0 aromatic rings. The van der Waals surface area contributed by atoms with Gasteiger partial charge < -0.3 is 5.32 Å². The van der Waals surface area contributed by atoms with E-state index in [2.05, 4.69) is 19.2 Å². The molecule has 1 N–H and O–H groups in total. The van der Waals surface area contributed by atoms with E-state index in [1.165, 1.54) is 12.8 Å². The molecule has 1 saturated carbocycles. The van der Waals surface area contributed by atoms with Crippen molar-refractivity contribution >= 4 is 0 Å². The van der Waals surface area contributed by atoms with Gasteiger partial charge in [-0.15, -0.1) is 0 Å². The van der Waals surface area contributed by atoms with Gasteiger partial charge in [-0.05, 0) is 32.6 Å². The molecule has 100 valence electrons. The van der Waals surface area contributed by atoms with Crippen molar-refractivity contribution in [2.24, 2.45) is 5.92 Å². The lowest BCUT2D eigenvalue weighted by Gasteiger charge is -2.45. The second kappa shape index (κ2) is 4.43. The summed E-state index contributed by atoms with van der Waals surface area (Å²) in [4.78, 5) is 2.04. The van der Waals surface area contributed by atoms with Gasteiger partial charge in [0.15, 0.2) is 0 Å². The molecular weight excluding hydrogens is 229 g/mol. The van der Waals surface area contributed by atoms with Crippen LogP contribution in [0.1, 0.15) is 33.1 Å². The molecule has 0 bridgehead atoms. The minimum absolute atomic E-state index is 0.0724. The van der Waals surface area contributed by atoms with Gasteiger partial charge in [-0.2, -0.15) is 13.2 Å². The number of rotatable bonds is 3. The van der Waals surface area contributed by atoms with E-state index in [0.717, 1.165) is 6.54 Å². The number of halogens is 3. The predicted molar refractivity (Wildman–Crippen MR) is 60.8 cm³/mol. The summed E-state index contributed by atoms with van der Waals surface area (Å²) in [5.41, 5.74) is -0.0724. The summed E-state index contributed by atoms with van der Waals surface area (Å²) in [5, 5.41) is 3.43. The Labute approximate surface area is 101 Å². The Kier molecular flexibility index (Phi) is 3.42. The van der Waals surface area contributed by atoms with Crippen LogP contribution in [0.15, 0.2) is 0 Å². The first-order valence-corrected chi connectivity index (χ1v) is 6.33. The van der Waals surface area contributed by atoms with Gasteiger partial charge >= 0.3 is 6.18 Å². The highest BCUT2D eigenvalue weighted by Gasteiger charge is 2.41. The molecule has 0 amide bonds. The first-order valence-electron chi connectivity index (χ1n) is 6.33. The number of hydrogen-bond acceptors (Lipinski definition) is 2. The zero-order valence-corrected chi connectivity index (χ0v) is 10.5. The zero-order chi connectivity index (χ0) is 12.7. The summed E-state index contributed by atoms with van der Waals surface area (Å²) < 4.78 is 36.9. The predicted octanol–water partition coefficient (Wildman–Crippen LogP) is 2.40. The number of nitrogens with one attached hydrogen (secondary N) is 1. The lowest BCUT2D eigenvalue weighted by Crippen LogP contribution is -2.62. The van der Waals surface area contributed by atoms with Crippen LogP contribution >= 0.6 is 0 Å². The molecule has 1 aliphatic heterocycles. The van der Waals surface area contributed by atoms with Crippen molar-refractivity contribution in [3.63, 3.8) is 0 Å². The first-order chi connectivity index (χ1) is 7.77. The molecule has 2 fully saturated rings. The summed E-state index contributed by atoms with van der Waals surface area (Å²) >= 11 is 0. The van der Waals surface area contributed by atoms with Crippen molar-refractivity contribution in [1.82, 2.24) is 10.2 Å². The molecule has 0 radical (unpaired) electrons. The summed E-state index contributed by atoms with van der Waals surface area (Å²) in [6.07, 6.45) is -2.37. The molecule has 1 aliphatic carbocycles. The van der Waals surface area contributed by atoms with E-state index in [1.807, 2.05) is 4.90 Å². The third-order valence-corrected chi connectivity index (χ3v) is 3.71. The molecule has 17 heavy (non-hydrogen) atoms. The highest BCUT2D eigenvalue weighted by atomic mass is 19.4. The van der Waals surface area contributed by atoms with Gasteiger partial charge in [0.2, 0.25) is 0 Å². The Hall–Kier alpha value is -0.290. The summed E-state index contributed by atoms with van der Waals surface area (Å²) in [7, 11) is 0. The van der Waals surface area contributed by atoms with Crippen LogP contribution in [0.4, 0.5) is 13.2 Å². The van der Waals surface area contributed by atoms with Crippen LogP contribution in [-0.4, -0.2) is 42.3 Å². The van der Waals surface area contributed by atoms with Gasteiger partial charge in [0.25, 0.3) is 0 Å². The number of hydrogen-bond donors (Lipinski definition) is 1. The van der Waals surface area contributed by atoms with Gasteiger partial charge in [0.1, 0.15) is 0 Å². The SMILES string of the molecule is CC1(C)CN(CCC(F)(F)F)C(C2CC2)CN1. The van der Waals surface area contributed by atoms with Crippen LogP contribution < -0.4 is 5.32 Å². The standard InChI is InChI=1S/C12H21F3N2/c1-11(2)8-17(6-5-12(13,14)15)10(7-16-11)9-3-4-9/h9-10,16H,3-8H2,1-2H3. The van der Waals surface area contributed by atoms with Crippen molar-refractivity contribution in [2.45, 2.75) is 50.9 Å². The quantitative estimate of drug-likeness (QED) is 0.827. The van der Waals surface area contributed by atoms with Crippen LogP contribution in [0.3, 0.4) is 0 Å². The molecular formula is C12H21F3N2. The van der Waals surface area contributed by atoms with Crippen molar-refractivity contribution in [3.8, 4) is 0 Å². The Morgan fingerprint density at radius 3 is 2.47 bits per heavy atom. The van der Waals surface area contributed by atoms with E-state index in [9.17, 15) is 13.2 Å². The monoisotopic (exact) mass is 250 g/mol. The van der Waals surface area contributed by atoms with Crippen LogP contribution in [0.2, 0.25) is 0 Å². The van der Waals surface area contributed by atoms with Crippen molar-refractivity contribution in [2.75, 3.05) is 19.6 Å². The molecule has 1 unspecified atom stereocenters. The molecule has 1 heterocycles. The van der Waals surface area contributed by atoms with Crippen molar-refractivity contribution in [3.05, 3.63) is 0 Å². The molecule has 1 atom stereocenters. The lowest BCUT2D eigenvalue weighted by molar-refractivity contribution is -0.140. The Balaban J connectivity index is 1.93. The van der Waals surface area contributed by atoms with E-state index >= 15 is 0 Å².